The van der Waals surface area contributed by atoms with Crippen LogP contribution >= 0.6 is 0 Å². The van der Waals surface area contributed by atoms with Gasteiger partial charge in [0.15, 0.2) is 6.29 Å². The molecular weight excluding hydrogens is 793 g/mol. The van der Waals surface area contributed by atoms with Crippen LogP contribution in [0.5, 0.6) is 0 Å². The van der Waals surface area contributed by atoms with Crippen molar-refractivity contribution in [1.82, 2.24) is 9.80 Å². The Hall–Kier alpha value is -2.79. The Bertz CT molecular complexity index is 1140. The second kappa shape index (κ2) is 47.2. The molecule has 0 spiro atoms. The lowest BCUT2D eigenvalue weighted by Gasteiger charge is -2.25. The van der Waals surface area contributed by atoms with Crippen molar-refractivity contribution in [2.24, 2.45) is 5.92 Å². The lowest BCUT2D eigenvalue weighted by molar-refractivity contribution is -0.162. The molecule has 10 nitrogen and oxygen atoms in total. The molecule has 1 unspecified atom stereocenters. The van der Waals surface area contributed by atoms with Crippen molar-refractivity contribution in [1.29, 1.82) is 0 Å². The van der Waals surface area contributed by atoms with E-state index in [1.807, 2.05) is 0 Å². The zero-order chi connectivity index (χ0) is 46.3. The molecule has 0 bridgehead atoms. The fourth-order valence-electron chi connectivity index (χ4n) is 6.75. The molecule has 1 atom stereocenters. The Morgan fingerprint density at radius 1 is 0.444 bits per heavy atom. The first kappa shape index (κ1) is 60.2. The summed E-state index contributed by atoms with van der Waals surface area (Å²) in [5.74, 6) is -1.46. The van der Waals surface area contributed by atoms with Crippen molar-refractivity contribution in [3.05, 3.63) is 48.6 Å². The van der Waals surface area contributed by atoms with Crippen molar-refractivity contribution >= 4 is 17.9 Å². The largest absolute Gasteiger partial charge is 0.465 e. The number of allylic oxidation sites excluding steroid dienone is 8. The Morgan fingerprint density at radius 2 is 0.889 bits per heavy atom. The van der Waals surface area contributed by atoms with E-state index in [2.05, 4.69) is 100.0 Å². The number of likely N-dealkylation sites (N-methyl/N-ethyl adjacent to an activating group) is 2. The topological polar surface area (TPSA) is 104 Å². The molecule has 0 aromatic heterocycles. The average Bonchev–Trinajstić information content (AvgIpc) is 3.29. The molecule has 0 saturated carbocycles. The Balaban J connectivity index is 5.04. The fourth-order valence-corrected chi connectivity index (χ4v) is 6.75. The number of hydrogen-bond donors (Lipinski definition) is 0. The summed E-state index contributed by atoms with van der Waals surface area (Å²) in [5.41, 5.74) is 0. The average molecular weight is 889 g/mol. The minimum atomic E-state index is -0.489. The zero-order valence-electron chi connectivity index (χ0n) is 41.5. The standard InChI is InChI=1S/C53H96N2O8/c1-7-13-16-19-22-23-24-25-26-27-28-29-30-31-34-37-50(56)61-46-49(48-63-52(58)40-41-55(12-6)43-42-54(10-4)11-5)47-62-51(57)38-39-53(59-44-35-32-20-17-14-8-2)60-45-36-33-21-18-15-9-3/h14-15,17-18,22-23,25-26,49,53H,7-13,16,19-21,24,27-48H2,1-6H3/b17-14-,18-15-,23-22-,26-25-. The first-order chi connectivity index (χ1) is 30.8. The van der Waals surface area contributed by atoms with Gasteiger partial charge in [0.05, 0.1) is 18.8 Å². The molecule has 0 aliphatic rings. The maximum absolute atomic E-state index is 13.0. The summed E-state index contributed by atoms with van der Waals surface area (Å²) in [6.07, 6.45) is 38.8. The van der Waals surface area contributed by atoms with Crippen LogP contribution in [0.15, 0.2) is 48.6 Å². The number of hydrogen-bond acceptors (Lipinski definition) is 10. The molecule has 0 saturated heterocycles. The molecule has 366 valence electrons. The summed E-state index contributed by atoms with van der Waals surface area (Å²) in [5, 5.41) is 0. The second-order valence-electron chi connectivity index (χ2n) is 16.6. The van der Waals surface area contributed by atoms with Crippen LogP contribution in [0.4, 0.5) is 0 Å². The first-order valence-electron chi connectivity index (χ1n) is 25.6. The first-order valence-corrected chi connectivity index (χ1v) is 25.6. The van der Waals surface area contributed by atoms with Gasteiger partial charge in [-0.05, 0) is 110 Å². The fraction of sp³-hybridized carbons (Fsp3) is 0.792. The minimum absolute atomic E-state index is 0.00436. The number of carbonyl (C=O) groups is 3. The van der Waals surface area contributed by atoms with Crippen LogP contribution in [0.3, 0.4) is 0 Å². The maximum Gasteiger partial charge on any atom is 0.307 e. The van der Waals surface area contributed by atoms with Gasteiger partial charge in [-0.25, -0.2) is 0 Å². The van der Waals surface area contributed by atoms with Gasteiger partial charge < -0.3 is 33.5 Å². The van der Waals surface area contributed by atoms with Gasteiger partial charge in [0.2, 0.25) is 0 Å². The van der Waals surface area contributed by atoms with Crippen LogP contribution in [-0.2, 0) is 38.1 Å². The van der Waals surface area contributed by atoms with E-state index in [4.69, 9.17) is 23.7 Å². The van der Waals surface area contributed by atoms with E-state index >= 15 is 0 Å². The van der Waals surface area contributed by atoms with E-state index in [1.165, 1.54) is 25.7 Å². The summed E-state index contributed by atoms with van der Waals surface area (Å²) in [6.45, 7) is 19.4. The van der Waals surface area contributed by atoms with Crippen LogP contribution in [0.25, 0.3) is 0 Å². The minimum Gasteiger partial charge on any atom is -0.465 e. The van der Waals surface area contributed by atoms with Crippen molar-refractivity contribution in [3.63, 3.8) is 0 Å². The SMILES string of the molecule is CC/C=C\CCCCOC(CCC(=O)OCC(COC(=O)CCCCCCC/C=C\C/C=C\CCCCC)COC(=O)CCN(CC)CCN(CC)CC)OCCCC/C=C\CC. The third-order valence-electron chi connectivity index (χ3n) is 11.0. The molecule has 0 fully saturated rings. The summed E-state index contributed by atoms with van der Waals surface area (Å²) < 4.78 is 29.2. The highest BCUT2D eigenvalue weighted by atomic mass is 16.7. The number of carbonyl (C=O) groups excluding carboxylic acids is 3. The Kier molecular flexibility index (Phi) is 45.1. The van der Waals surface area contributed by atoms with Crippen molar-refractivity contribution in [2.75, 3.05) is 72.3 Å². The van der Waals surface area contributed by atoms with E-state index in [0.717, 1.165) is 129 Å². The van der Waals surface area contributed by atoms with Crippen LogP contribution in [0.1, 0.15) is 189 Å². The highest BCUT2D eigenvalue weighted by Gasteiger charge is 2.20. The van der Waals surface area contributed by atoms with Crippen molar-refractivity contribution < 1.29 is 38.1 Å². The van der Waals surface area contributed by atoms with Gasteiger partial charge in [-0.3, -0.25) is 14.4 Å². The van der Waals surface area contributed by atoms with Crippen LogP contribution in [0, 0.1) is 5.92 Å². The van der Waals surface area contributed by atoms with Crippen LogP contribution in [0.2, 0.25) is 0 Å². The third kappa shape index (κ3) is 41.7. The van der Waals surface area contributed by atoms with Gasteiger partial charge in [0.25, 0.3) is 0 Å². The van der Waals surface area contributed by atoms with E-state index in [9.17, 15) is 14.4 Å². The molecule has 0 heterocycles. The molecule has 0 amide bonds. The van der Waals surface area contributed by atoms with Gasteiger partial charge in [-0.2, -0.15) is 0 Å². The van der Waals surface area contributed by atoms with Crippen LogP contribution < -0.4 is 0 Å². The monoisotopic (exact) mass is 889 g/mol. The Labute approximate surface area is 387 Å². The molecular formula is C53H96N2O8. The number of esters is 3. The van der Waals surface area contributed by atoms with Crippen molar-refractivity contribution in [2.45, 2.75) is 196 Å². The second-order valence-corrected chi connectivity index (χ2v) is 16.6. The van der Waals surface area contributed by atoms with Gasteiger partial charge >= 0.3 is 17.9 Å². The molecule has 10 heteroatoms. The molecule has 0 radical (unpaired) electrons. The van der Waals surface area contributed by atoms with Crippen molar-refractivity contribution in [3.8, 4) is 0 Å². The molecule has 0 aliphatic carbocycles. The molecule has 0 aliphatic heterocycles. The highest BCUT2D eigenvalue weighted by molar-refractivity contribution is 5.70. The lowest BCUT2D eigenvalue weighted by Crippen LogP contribution is -2.36. The highest BCUT2D eigenvalue weighted by Crippen LogP contribution is 2.13. The predicted octanol–water partition coefficient (Wildman–Crippen LogP) is 12.5. The van der Waals surface area contributed by atoms with E-state index in [1.54, 1.807) is 0 Å². The van der Waals surface area contributed by atoms with Crippen LogP contribution in [-0.4, -0.2) is 106 Å². The molecule has 63 heavy (non-hydrogen) atoms. The number of ether oxygens (including phenoxy) is 5. The van der Waals surface area contributed by atoms with Gasteiger partial charge in [-0.1, -0.05) is 122 Å². The van der Waals surface area contributed by atoms with E-state index < -0.39 is 12.2 Å². The number of nitrogens with zero attached hydrogens (tertiary/aromatic N) is 2. The van der Waals surface area contributed by atoms with Gasteiger partial charge in [0.1, 0.15) is 19.8 Å². The summed E-state index contributed by atoms with van der Waals surface area (Å²) in [7, 11) is 0. The maximum atomic E-state index is 13.0. The van der Waals surface area contributed by atoms with Gasteiger partial charge in [-0.15, -0.1) is 0 Å². The summed E-state index contributed by atoms with van der Waals surface area (Å²) in [6, 6.07) is 0. The lowest BCUT2D eigenvalue weighted by atomic mass is 10.1. The number of rotatable bonds is 46. The van der Waals surface area contributed by atoms with E-state index in [0.29, 0.717) is 32.6 Å². The summed E-state index contributed by atoms with van der Waals surface area (Å²) in [4.78, 5) is 43.3. The van der Waals surface area contributed by atoms with Gasteiger partial charge in [0, 0.05) is 45.7 Å². The normalized spacial score (nSPS) is 12.7. The molecule has 0 aromatic carbocycles. The summed E-state index contributed by atoms with van der Waals surface area (Å²) >= 11 is 0. The number of unbranched alkanes of at least 4 members (excludes halogenated alkanes) is 12. The smallest absolute Gasteiger partial charge is 0.307 e. The van der Waals surface area contributed by atoms with E-state index in [-0.39, 0.29) is 50.6 Å². The molecule has 0 N–H and O–H groups in total. The molecule has 0 aromatic rings. The Morgan fingerprint density at radius 3 is 1.41 bits per heavy atom. The predicted molar refractivity (Wildman–Crippen MR) is 262 cm³/mol. The quantitative estimate of drug-likeness (QED) is 0.0193. The molecule has 0 rings (SSSR count). The zero-order valence-corrected chi connectivity index (χ0v) is 41.5. The third-order valence-corrected chi connectivity index (χ3v) is 11.0.